The molecule has 96 valence electrons. The van der Waals surface area contributed by atoms with Crippen LogP contribution in [0.2, 0.25) is 0 Å². The molecule has 1 aromatic heterocycles. The highest BCUT2D eigenvalue weighted by Gasteiger charge is 2.05. The third-order valence-electron chi connectivity index (χ3n) is 3.16. The second kappa shape index (κ2) is 6.66. The van der Waals surface area contributed by atoms with E-state index in [1.54, 1.807) is 11.3 Å². The Bertz CT molecular complexity index is 460. The Labute approximate surface area is 113 Å². The summed E-state index contributed by atoms with van der Waals surface area (Å²) in [5, 5.41) is 3.40. The zero-order valence-electron chi connectivity index (χ0n) is 11.1. The Morgan fingerprint density at radius 2 is 1.83 bits per heavy atom. The Morgan fingerprint density at radius 1 is 1.11 bits per heavy atom. The van der Waals surface area contributed by atoms with Gasteiger partial charge in [-0.25, -0.2) is 4.98 Å². The van der Waals surface area contributed by atoms with Crippen LogP contribution >= 0.6 is 11.3 Å². The molecule has 2 nitrogen and oxygen atoms in total. The van der Waals surface area contributed by atoms with Gasteiger partial charge in [-0.3, -0.25) is 0 Å². The van der Waals surface area contributed by atoms with E-state index in [1.165, 1.54) is 10.6 Å². The summed E-state index contributed by atoms with van der Waals surface area (Å²) in [6.45, 7) is 7.76. The lowest BCUT2D eigenvalue weighted by molar-refractivity contribution is 0.308. The van der Waals surface area contributed by atoms with Gasteiger partial charge in [-0.2, -0.15) is 0 Å². The number of hydrogen-bond acceptors (Lipinski definition) is 3. The van der Waals surface area contributed by atoms with E-state index < -0.39 is 0 Å². The van der Waals surface area contributed by atoms with Gasteiger partial charge in [0.1, 0.15) is 0 Å². The number of thiazole rings is 1. The second-order valence-corrected chi connectivity index (χ2v) is 5.21. The molecule has 0 N–H and O–H groups in total. The van der Waals surface area contributed by atoms with Gasteiger partial charge in [-0.05, 0) is 13.1 Å². The molecule has 0 atom stereocenters. The Hall–Kier alpha value is -1.19. The van der Waals surface area contributed by atoms with Gasteiger partial charge in [-0.15, -0.1) is 11.3 Å². The number of hydrogen-bond donors (Lipinski definition) is 0. The molecule has 1 aromatic carbocycles. The first-order chi connectivity index (χ1) is 8.83. The van der Waals surface area contributed by atoms with Crippen molar-refractivity contribution in [2.45, 2.75) is 20.3 Å². The number of benzene rings is 1. The minimum absolute atomic E-state index is 1.05. The van der Waals surface area contributed by atoms with E-state index in [-0.39, 0.29) is 0 Å². The molecule has 2 rings (SSSR count). The first kappa shape index (κ1) is 13.2. The van der Waals surface area contributed by atoms with E-state index in [1.807, 2.05) is 6.07 Å². The highest BCUT2D eigenvalue weighted by atomic mass is 32.1. The molecular formula is C15H20N2S. The van der Waals surface area contributed by atoms with Gasteiger partial charge < -0.3 is 4.90 Å². The van der Waals surface area contributed by atoms with E-state index >= 15 is 0 Å². The summed E-state index contributed by atoms with van der Waals surface area (Å²) in [7, 11) is 0. The molecule has 0 saturated heterocycles. The molecule has 0 aliphatic rings. The van der Waals surface area contributed by atoms with E-state index in [0.29, 0.717) is 0 Å². The summed E-state index contributed by atoms with van der Waals surface area (Å²) in [6.07, 6.45) is 1.05. The number of likely N-dealkylation sites (N-methyl/N-ethyl adjacent to an activating group) is 1. The van der Waals surface area contributed by atoms with Crippen LogP contribution in [0.15, 0.2) is 35.7 Å². The van der Waals surface area contributed by atoms with Crippen LogP contribution in [-0.2, 0) is 6.42 Å². The topological polar surface area (TPSA) is 16.1 Å². The third-order valence-corrected chi connectivity index (χ3v) is 4.07. The zero-order valence-corrected chi connectivity index (χ0v) is 11.9. The SMILES string of the molecule is CCN(CC)CCc1nc(-c2ccccc2)cs1. The fraction of sp³-hybridized carbons (Fsp3) is 0.400. The fourth-order valence-corrected chi connectivity index (χ4v) is 2.76. The first-order valence-electron chi connectivity index (χ1n) is 6.55. The van der Waals surface area contributed by atoms with E-state index in [9.17, 15) is 0 Å². The van der Waals surface area contributed by atoms with Crippen LogP contribution in [0.1, 0.15) is 18.9 Å². The van der Waals surface area contributed by atoms with Crippen molar-refractivity contribution in [1.82, 2.24) is 9.88 Å². The van der Waals surface area contributed by atoms with Gasteiger partial charge in [-0.1, -0.05) is 44.2 Å². The number of nitrogens with zero attached hydrogens (tertiary/aromatic N) is 2. The molecule has 0 spiro atoms. The molecule has 0 saturated carbocycles. The van der Waals surface area contributed by atoms with Crippen LogP contribution in [0.3, 0.4) is 0 Å². The molecule has 0 aliphatic carbocycles. The summed E-state index contributed by atoms with van der Waals surface area (Å²) in [6, 6.07) is 10.4. The number of rotatable bonds is 6. The molecule has 0 unspecified atom stereocenters. The molecular weight excluding hydrogens is 240 g/mol. The summed E-state index contributed by atoms with van der Waals surface area (Å²) >= 11 is 1.77. The summed E-state index contributed by atoms with van der Waals surface area (Å²) in [4.78, 5) is 7.15. The molecule has 0 radical (unpaired) electrons. The second-order valence-electron chi connectivity index (χ2n) is 4.27. The van der Waals surface area contributed by atoms with E-state index in [0.717, 1.165) is 31.7 Å². The van der Waals surface area contributed by atoms with Crippen molar-refractivity contribution in [3.05, 3.63) is 40.7 Å². The van der Waals surface area contributed by atoms with Crippen LogP contribution in [-0.4, -0.2) is 29.5 Å². The summed E-state index contributed by atoms with van der Waals surface area (Å²) in [5.74, 6) is 0. The number of aromatic nitrogens is 1. The predicted octanol–water partition coefficient (Wildman–Crippen LogP) is 3.69. The van der Waals surface area contributed by atoms with Crippen molar-refractivity contribution >= 4 is 11.3 Å². The molecule has 2 aromatic rings. The monoisotopic (exact) mass is 260 g/mol. The molecule has 0 fully saturated rings. The van der Waals surface area contributed by atoms with Crippen molar-refractivity contribution in [3.8, 4) is 11.3 Å². The first-order valence-corrected chi connectivity index (χ1v) is 7.43. The van der Waals surface area contributed by atoms with Crippen LogP contribution in [0, 0.1) is 0 Å². The van der Waals surface area contributed by atoms with Crippen LogP contribution in [0.4, 0.5) is 0 Å². The molecule has 0 amide bonds. The van der Waals surface area contributed by atoms with Crippen LogP contribution < -0.4 is 0 Å². The maximum atomic E-state index is 4.71. The Kier molecular flexibility index (Phi) is 4.90. The van der Waals surface area contributed by atoms with E-state index in [2.05, 4.69) is 48.4 Å². The zero-order chi connectivity index (χ0) is 12.8. The van der Waals surface area contributed by atoms with Crippen molar-refractivity contribution in [3.63, 3.8) is 0 Å². The van der Waals surface area contributed by atoms with Gasteiger partial charge in [0.15, 0.2) is 0 Å². The van der Waals surface area contributed by atoms with Crippen molar-refractivity contribution < 1.29 is 0 Å². The normalized spacial score (nSPS) is 11.1. The molecule has 3 heteroatoms. The maximum Gasteiger partial charge on any atom is 0.0945 e. The smallest absolute Gasteiger partial charge is 0.0945 e. The van der Waals surface area contributed by atoms with Gasteiger partial charge in [0, 0.05) is 23.9 Å². The van der Waals surface area contributed by atoms with Gasteiger partial charge in [0.25, 0.3) is 0 Å². The third kappa shape index (κ3) is 3.40. The Morgan fingerprint density at radius 3 is 2.50 bits per heavy atom. The fourth-order valence-electron chi connectivity index (χ4n) is 1.96. The predicted molar refractivity (Wildman–Crippen MR) is 79.0 cm³/mol. The van der Waals surface area contributed by atoms with Crippen molar-refractivity contribution in [2.24, 2.45) is 0 Å². The lowest BCUT2D eigenvalue weighted by Crippen LogP contribution is -2.25. The average molecular weight is 260 g/mol. The van der Waals surface area contributed by atoms with Crippen molar-refractivity contribution in [1.29, 1.82) is 0 Å². The van der Waals surface area contributed by atoms with Crippen LogP contribution in [0.5, 0.6) is 0 Å². The molecule has 1 heterocycles. The van der Waals surface area contributed by atoms with Crippen molar-refractivity contribution in [2.75, 3.05) is 19.6 Å². The average Bonchev–Trinajstić information content (AvgIpc) is 2.90. The Balaban J connectivity index is 1.98. The van der Waals surface area contributed by atoms with Gasteiger partial charge >= 0.3 is 0 Å². The minimum atomic E-state index is 1.05. The lowest BCUT2D eigenvalue weighted by Gasteiger charge is -2.16. The molecule has 18 heavy (non-hydrogen) atoms. The highest BCUT2D eigenvalue weighted by molar-refractivity contribution is 7.09. The largest absolute Gasteiger partial charge is 0.303 e. The summed E-state index contributed by atoms with van der Waals surface area (Å²) in [5.41, 5.74) is 2.32. The standard InChI is InChI=1S/C15H20N2S/c1-3-17(4-2)11-10-15-16-14(12-18-15)13-8-6-5-7-9-13/h5-9,12H,3-4,10-11H2,1-2H3. The van der Waals surface area contributed by atoms with Crippen LogP contribution in [0.25, 0.3) is 11.3 Å². The van der Waals surface area contributed by atoms with E-state index in [4.69, 9.17) is 4.98 Å². The highest BCUT2D eigenvalue weighted by Crippen LogP contribution is 2.21. The molecule has 0 bridgehead atoms. The quantitative estimate of drug-likeness (QED) is 0.787. The minimum Gasteiger partial charge on any atom is -0.303 e. The summed E-state index contributed by atoms with van der Waals surface area (Å²) < 4.78 is 0. The maximum absolute atomic E-state index is 4.71. The van der Waals surface area contributed by atoms with Gasteiger partial charge in [0.2, 0.25) is 0 Å². The molecule has 0 aliphatic heterocycles. The van der Waals surface area contributed by atoms with Gasteiger partial charge in [0.05, 0.1) is 10.7 Å². The lowest BCUT2D eigenvalue weighted by atomic mass is 10.2.